The molecule has 0 atom stereocenters. The van der Waals surface area contributed by atoms with Crippen molar-refractivity contribution in [1.82, 2.24) is 15.6 Å². The Labute approximate surface area is 167 Å². The highest BCUT2D eigenvalue weighted by atomic mass is 127. The van der Waals surface area contributed by atoms with Crippen LogP contribution in [0.3, 0.4) is 0 Å². The van der Waals surface area contributed by atoms with Crippen LogP contribution in [0.4, 0.5) is 13.2 Å². The van der Waals surface area contributed by atoms with Crippen molar-refractivity contribution in [3.63, 3.8) is 0 Å². The van der Waals surface area contributed by atoms with E-state index in [4.69, 9.17) is 4.74 Å². The lowest BCUT2D eigenvalue weighted by Crippen LogP contribution is -2.39. The van der Waals surface area contributed by atoms with E-state index in [-0.39, 0.29) is 37.1 Å². The second-order valence-electron chi connectivity index (χ2n) is 5.04. The molecule has 5 nitrogen and oxygen atoms in total. The van der Waals surface area contributed by atoms with Crippen LogP contribution in [-0.2, 0) is 12.7 Å². The molecule has 0 spiro atoms. The summed E-state index contributed by atoms with van der Waals surface area (Å²) in [6.07, 6.45) is -3.23. The van der Waals surface area contributed by atoms with Gasteiger partial charge in [-0.2, -0.15) is 13.2 Å². The first-order chi connectivity index (χ1) is 12.0. The van der Waals surface area contributed by atoms with Crippen LogP contribution < -0.4 is 15.4 Å². The summed E-state index contributed by atoms with van der Waals surface area (Å²) >= 11 is 0. The smallest absolute Gasteiger partial charge is 0.421 e. The Bertz CT molecular complexity index is 696. The molecular formula is C17H20F3IN4O. The Morgan fingerprint density at radius 2 is 1.85 bits per heavy atom. The first-order valence-electron chi connectivity index (χ1n) is 7.64. The highest BCUT2D eigenvalue weighted by Crippen LogP contribution is 2.34. The third-order valence-corrected chi connectivity index (χ3v) is 3.24. The van der Waals surface area contributed by atoms with Gasteiger partial charge in [0.15, 0.2) is 5.96 Å². The fourth-order valence-corrected chi connectivity index (χ4v) is 2.04. The number of aromatic nitrogens is 1. The van der Waals surface area contributed by atoms with Gasteiger partial charge in [-0.25, -0.2) is 4.98 Å². The molecule has 26 heavy (non-hydrogen) atoms. The van der Waals surface area contributed by atoms with Crippen LogP contribution in [0.2, 0.25) is 0 Å². The third kappa shape index (κ3) is 7.06. The van der Waals surface area contributed by atoms with E-state index < -0.39 is 17.6 Å². The van der Waals surface area contributed by atoms with Crippen molar-refractivity contribution < 1.29 is 17.9 Å². The normalized spacial score (nSPS) is 11.5. The van der Waals surface area contributed by atoms with Gasteiger partial charge in [0.2, 0.25) is 5.88 Å². The summed E-state index contributed by atoms with van der Waals surface area (Å²) in [7, 11) is 1.61. The van der Waals surface area contributed by atoms with Crippen LogP contribution in [0.5, 0.6) is 5.88 Å². The van der Waals surface area contributed by atoms with Crippen molar-refractivity contribution in [3.05, 3.63) is 59.8 Å². The molecule has 0 fully saturated rings. The van der Waals surface area contributed by atoms with E-state index in [0.29, 0.717) is 12.5 Å². The van der Waals surface area contributed by atoms with Crippen LogP contribution in [0.25, 0.3) is 0 Å². The third-order valence-electron chi connectivity index (χ3n) is 3.24. The predicted octanol–water partition coefficient (Wildman–Crippen LogP) is 3.46. The molecule has 2 rings (SSSR count). The Morgan fingerprint density at radius 3 is 2.50 bits per heavy atom. The number of hydrogen-bond acceptors (Lipinski definition) is 3. The maximum atomic E-state index is 12.8. The Kier molecular flexibility index (Phi) is 9.17. The molecule has 0 amide bonds. The zero-order chi connectivity index (χ0) is 18.1. The molecule has 1 aromatic carbocycles. The van der Waals surface area contributed by atoms with Gasteiger partial charge in [0.25, 0.3) is 0 Å². The quantitative estimate of drug-likeness (QED) is 0.288. The molecule has 0 aliphatic heterocycles. The number of benzene rings is 1. The fourth-order valence-electron chi connectivity index (χ4n) is 2.04. The summed E-state index contributed by atoms with van der Waals surface area (Å²) in [4.78, 5) is 7.69. The first-order valence-corrected chi connectivity index (χ1v) is 7.64. The molecule has 2 N–H and O–H groups in total. The highest BCUT2D eigenvalue weighted by molar-refractivity contribution is 14.0. The SMILES string of the molecule is CN=C(NCCOc1ncccc1C(F)(F)F)NCc1ccccc1.I. The minimum absolute atomic E-state index is 0. The summed E-state index contributed by atoms with van der Waals surface area (Å²) in [6, 6.07) is 11.9. The lowest BCUT2D eigenvalue weighted by atomic mass is 10.2. The van der Waals surface area contributed by atoms with Crippen LogP contribution in [0, 0.1) is 0 Å². The van der Waals surface area contributed by atoms with Crippen LogP contribution in [0.15, 0.2) is 53.7 Å². The molecule has 0 saturated heterocycles. The van der Waals surface area contributed by atoms with E-state index in [1.165, 1.54) is 12.3 Å². The van der Waals surface area contributed by atoms with Crippen molar-refractivity contribution in [2.24, 2.45) is 4.99 Å². The minimum Gasteiger partial charge on any atom is -0.475 e. The van der Waals surface area contributed by atoms with Gasteiger partial charge in [-0.3, -0.25) is 4.99 Å². The number of nitrogens with one attached hydrogen (secondary N) is 2. The Balaban J connectivity index is 0.00000338. The molecular weight excluding hydrogens is 460 g/mol. The molecule has 0 bridgehead atoms. The van der Waals surface area contributed by atoms with E-state index in [1.807, 2.05) is 30.3 Å². The molecule has 0 saturated carbocycles. The van der Waals surface area contributed by atoms with Crippen LogP contribution in [0.1, 0.15) is 11.1 Å². The lowest BCUT2D eigenvalue weighted by molar-refractivity contribution is -0.139. The van der Waals surface area contributed by atoms with Gasteiger partial charge in [-0.15, -0.1) is 24.0 Å². The summed E-state index contributed by atoms with van der Waals surface area (Å²) in [5.41, 5.74) is 0.201. The summed E-state index contributed by atoms with van der Waals surface area (Å²) < 4.78 is 43.7. The van der Waals surface area contributed by atoms with Crippen molar-refractivity contribution >= 4 is 29.9 Å². The average molecular weight is 480 g/mol. The minimum atomic E-state index is -4.50. The second-order valence-corrected chi connectivity index (χ2v) is 5.04. The van der Waals surface area contributed by atoms with Gasteiger partial charge < -0.3 is 15.4 Å². The maximum Gasteiger partial charge on any atom is 0.421 e. The Hall–Kier alpha value is -2.04. The molecule has 0 aliphatic carbocycles. The number of alkyl halides is 3. The zero-order valence-electron chi connectivity index (χ0n) is 14.1. The Morgan fingerprint density at radius 1 is 1.12 bits per heavy atom. The van der Waals surface area contributed by atoms with Crippen molar-refractivity contribution in [2.45, 2.75) is 12.7 Å². The summed E-state index contributed by atoms with van der Waals surface area (Å²) in [6.45, 7) is 0.883. The van der Waals surface area contributed by atoms with Crippen molar-refractivity contribution in [1.29, 1.82) is 0 Å². The lowest BCUT2D eigenvalue weighted by Gasteiger charge is -2.14. The maximum absolute atomic E-state index is 12.8. The molecule has 9 heteroatoms. The summed E-state index contributed by atoms with van der Waals surface area (Å²) in [5, 5.41) is 6.08. The zero-order valence-corrected chi connectivity index (χ0v) is 16.4. The van der Waals surface area contributed by atoms with E-state index >= 15 is 0 Å². The van der Waals surface area contributed by atoms with Crippen LogP contribution >= 0.6 is 24.0 Å². The molecule has 0 radical (unpaired) electrons. The number of halogens is 4. The van der Waals surface area contributed by atoms with E-state index in [2.05, 4.69) is 20.6 Å². The van der Waals surface area contributed by atoms with E-state index in [0.717, 1.165) is 11.6 Å². The van der Waals surface area contributed by atoms with Gasteiger partial charge in [-0.05, 0) is 17.7 Å². The van der Waals surface area contributed by atoms with E-state index in [1.54, 1.807) is 7.05 Å². The monoisotopic (exact) mass is 480 g/mol. The van der Waals surface area contributed by atoms with Crippen LogP contribution in [-0.4, -0.2) is 31.1 Å². The van der Waals surface area contributed by atoms with Crippen molar-refractivity contribution in [2.75, 3.05) is 20.2 Å². The molecule has 142 valence electrons. The highest BCUT2D eigenvalue weighted by Gasteiger charge is 2.34. The largest absolute Gasteiger partial charge is 0.475 e. The predicted molar refractivity (Wildman–Crippen MR) is 105 cm³/mol. The summed E-state index contributed by atoms with van der Waals surface area (Å²) in [5.74, 6) is 0.105. The molecule has 0 unspecified atom stereocenters. The average Bonchev–Trinajstić information content (AvgIpc) is 2.61. The number of rotatable bonds is 6. The van der Waals surface area contributed by atoms with Gasteiger partial charge in [0.05, 0.1) is 6.54 Å². The molecule has 1 aromatic heterocycles. The molecule has 0 aliphatic rings. The molecule has 1 heterocycles. The number of pyridine rings is 1. The first kappa shape index (κ1) is 22.0. The fraction of sp³-hybridized carbons (Fsp3) is 0.294. The topological polar surface area (TPSA) is 58.5 Å². The van der Waals surface area contributed by atoms with Gasteiger partial charge >= 0.3 is 6.18 Å². The second kappa shape index (κ2) is 10.8. The van der Waals surface area contributed by atoms with Gasteiger partial charge in [0.1, 0.15) is 12.2 Å². The van der Waals surface area contributed by atoms with E-state index in [9.17, 15) is 13.2 Å². The number of hydrogen-bond donors (Lipinski definition) is 2. The molecule has 2 aromatic rings. The number of guanidine groups is 1. The number of ether oxygens (including phenoxy) is 1. The number of aliphatic imine (C=N–C) groups is 1. The number of nitrogens with zero attached hydrogens (tertiary/aromatic N) is 2. The standard InChI is InChI=1S/C17H19F3N4O.HI/c1-21-16(24-12-13-6-3-2-4-7-13)23-10-11-25-15-14(17(18,19)20)8-5-9-22-15;/h2-9H,10-12H2,1H3,(H2,21,23,24);1H. The van der Waals surface area contributed by atoms with Gasteiger partial charge in [-0.1, -0.05) is 30.3 Å². The van der Waals surface area contributed by atoms with Crippen molar-refractivity contribution in [3.8, 4) is 5.88 Å². The van der Waals surface area contributed by atoms with Gasteiger partial charge in [0, 0.05) is 19.8 Å².